The summed E-state index contributed by atoms with van der Waals surface area (Å²) in [5, 5.41) is 0. The Labute approximate surface area is 151 Å². The van der Waals surface area contributed by atoms with Crippen LogP contribution in [-0.2, 0) is 0 Å². The summed E-state index contributed by atoms with van der Waals surface area (Å²) in [7, 11) is 0. The summed E-state index contributed by atoms with van der Waals surface area (Å²) < 4.78 is 0. The second-order valence-corrected chi connectivity index (χ2v) is 0. The Morgan fingerprint density at radius 2 is 0.286 bits per heavy atom. The fraction of sp³-hybridized carbons (Fsp3) is 0. The van der Waals surface area contributed by atoms with Crippen LogP contribution < -0.4 is 68.9 Å². The SMILES string of the molecule is O.O.O.O.O.O.O.O.O.O.O.O.[AlH3].[Cs+].[H-]. The second-order valence-electron chi connectivity index (χ2n) is 0. The molecule has 0 amide bonds. The van der Waals surface area contributed by atoms with Crippen molar-refractivity contribution in [1.29, 1.82) is 0 Å². The van der Waals surface area contributed by atoms with Crippen LogP contribution in [0, 0.1) is 0 Å². The van der Waals surface area contributed by atoms with Crippen LogP contribution in [0.1, 0.15) is 1.43 Å². The molecule has 0 unspecified atom stereocenters. The fourth-order valence-electron chi connectivity index (χ4n) is 0. The molecule has 0 bridgehead atoms. The van der Waals surface area contributed by atoms with Gasteiger partial charge < -0.3 is 67.1 Å². The number of rotatable bonds is 0. The Balaban J connectivity index is 0. The van der Waals surface area contributed by atoms with Gasteiger partial charge in [0.1, 0.15) is 0 Å². The van der Waals surface area contributed by atoms with Gasteiger partial charge in [0.25, 0.3) is 0 Å². The van der Waals surface area contributed by atoms with E-state index in [1.807, 2.05) is 0 Å². The van der Waals surface area contributed by atoms with E-state index in [2.05, 4.69) is 0 Å². The average Bonchev–Trinajstić information content (AvgIpc) is 0. The molecule has 0 aromatic rings. The van der Waals surface area contributed by atoms with Crippen molar-refractivity contribution in [3.8, 4) is 0 Å². The van der Waals surface area contributed by atoms with Crippen molar-refractivity contribution in [2.75, 3.05) is 0 Å². The molecule has 0 spiro atoms. The monoisotopic (exact) mass is 380 g/mol. The van der Waals surface area contributed by atoms with Crippen LogP contribution >= 0.6 is 0 Å². The van der Waals surface area contributed by atoms with Gasteiger partial charge in [-0.25, -0.2) is 0 Å². The summed E-state index contributed by atoms with van der Waals surface area (Å²) in [5.74, 6) is 0. The molecule has 24 N–H and O–H groups in total. The predicted molar refractivity (Wildman–Crippen MR) is 54.4 cm³/mol. The molecule has 0 rings (SSSR count). The largest absolute Gasteiger partial charge is 1.00 e. The Morgan fingerprint density at radius 3 is 0.286 bits per heavy atom. The molecule has 12 nitrogen and oxygen atoms in total. The third-order valence-corrected chi connectivity index (χ3v) is 0. The van der Waals surface area contributed by atoms with E-state index in [0.29, 0.717) is 0 Å². The molecule has 14 heavy (non-hydrogen) atoms. The number of hydrogen-bond donors (Lipinski definition) is 0. The summed E-state index contributed by atoms with van der Waals surface area (Å²) in [6.45, 7) is 0. The first-order valence-corrected chi connectivity index (χ1v) is 0. The standard InChI is InChI=1S/Al.Cs.12H2O.4H/h;;12*1H2;;;;/q;+1;;;;;;;;;;;;;;;;-1. The minimum absolute atomic E-state index is 0. The van der Waals surface area contributed by atoms with Crippen LogP contribution in [-0.4, -0.2) is 83.1 Å². The summed E-state index contributed by atoms with van der Waals surface area (Å²) >= 11 is 0. The first kappa shape index (κ1) is 830. The van der Waals surface area contributed by atoms with Crippen molar-refractivity contribution in [1.82, 2.24) is 0 Å². The van der Waals surface area contributed by atoms with Gasteiger partial charge in [-0.2, -0.15) is 0 Å². The van der Waals surface area contributed by atoms with Crippen LogP contribution in [0.4, 0.5) is 0 Å². The topological polar surface area (TPSA) is 378 Å². The first-order chi connectivity index (χ1) is 0. The quantitative estimate of drug-likeness (QED) is 0.353. The van der Waals surface area contributed by atoms with E-state index in [1.54, 1.807) is 0 Å². The van der Waals surface area contributed by atoms with Gasteiger partial charge in [-0.3, -0.25) is 0 Å². The van der Waals surface area contributed by atoms with Crippen LogP contribution in [0.2, 0.25) is 0 Å². The molecular weight excluding hydrogens is 352 g/mol. The van der Waals surface area contributed by atoms with Crippen molar-refractivity contribution in [3.63, 3.8) is 0 Å². The Hall–Kier alpha value is 2.10. The van der Waals surface area contributed by atoms with Crippen molar-refractivity contribution in [2.45, 2.75) is 0 Å². The van der Waals surface area contributed by atoms with Gasteiger partial charge in [-0.1, -0.05) is 0 Å². The fourth-order valence-corrected chi connectivity index (χ4v) is 0. The predicted octanol–water partition coefficient (Wildman–Crippen LogP) is -14.0. The van der Waals surface area contributed by atoms with E-state index in [-0.39, 0.29) is 153 Å². The molecule has 0 heterocycles. The molecular formula is H28AlCsO12. The molecule has 0 aromatic heterocycles. The molecule has 0 fully saturated rings. The maximum Gasteiger partial charge on any atom is 1.00 e. The van der Waals surface area contributed by atoms with E-state index in [1.165, 1.54) is 0 Å². The second kappa shape index (κ2) is 679. The van der Waals surface area contributed by atoms with Crippen molar-refractivity contribution < 1.29 is 136 Å². The normalized spacial score (nSPS) is 0. The smallest absolute Gasteiger partial charge is 1.00 e. The molecule has 0 saturated carbocycles. The van der Waals surface area contributed by atoms with Crippen molar-refractivity contribution >= 4 is 17.4 Å². The van der Waals surface area contributed by atoms with Gasteiger partial charge in [0.15, 0.2) is 17.4 Å². The van der Waals surface area contributed by atoms with E-state index in [9.17, 15) is 0 Å². The minimum atomic E-state index is 0. The van der Waals surface area contributed by atoms with E-state index in [0.717, 1.165) is 0 Å². The molecule has 0 aliphatic rings. The van der Waals surface area contributed by atoms with Crippen LogP contribution in [0.3, 0.4) is 0 Å². The van der Waals surface area contributed by atoms with Crippen LogP contribution in [0.5, 0.6) is 0 Å². The first-order valence-electron chi connectivity index (χ1n) is 0. The number of hydrogen-bond acceptors (Lipinski definition) is 0. The molecule has 0 saturated heterocycles. The van der Waals surface area contributed by atoms with E-state index < -0.39 is 0 Å². The van der Waals surface area contributed by atoms with Crippen LogP contribution in [0.15, 0.2) is 0 Å². The molecule has 104 valence electrons. The Morgan fingerprint density at radius 1 is 0.286 bits per heavy atom. The zero-order chi connectivity index (χ0) is 0. The van der Waals surface area contributed by atoms with E-state index in [4.69, 9.17) is 0 Å². The maximum atomic E-state index is 0. The molecule has 0 radical (unpaired) electrons. The van der Waals surface area contributed by atoms with Gasteiger partial charge in [0.2, 0.25) is 0 Å². The van der Waals surface area contributed by atoms with Gasteiger partial charge >= 0.3 is 68.9 Å². The zero-order valence-electron chi connectivity index (χ0n) is 8.00. The van der Waals surface area contributed by atoms with Gasteiger partial charge in [-0.05, 0) is 0 Å². The maximum absolute atomic E-state index is 0. The molecule has 0 aliphatic carbocycles. The molecule has 0 aromatic carbocycles. The third-order valence-electron chi connectivity index (χ3n) is 0. The Bertz CT molecular complexity index is 15.6. The molecule has 0 aliphatic heterocycles. The Kier molecular flexibility index (Phi) is 40200. The van der Waals surface area contributed by atoms with Crippen molar-refractivity contribution in [2.24, 2.45) is 0 Å². The van der Waals surface area contributed by atoms with Gasteiger partial charge in [0, 0.05) is 0 Å². The molecule has 0 atom stereocenters. The third kappa shape index (κ3) is 547. The molecule has 14 heteroatoms. The summed E-state index contributed by atoms with van der Waals surface area (Å²) in [4.78, 5) is 0. The van der Waals surface area contributed by atoms with Crippen LogP contribution in [0.25, 0.3) is 0 Å². The van der Waals surface area contributed by atoms with Crippen molar-refractivity contribution in [3.05, 3.63) is 0 Å². The summed E-state index contributed by atoms with van der Waals surface area (Å²) in [6, 6.07) is 0. The zero-order valence-corrected chi connectivity index (χ0v) is 13.3. The minimum Gasteiger partial charge on any atom is -1.00 e. The average molecular weight is 380 g/mol. The summed E-state index contributed by atoms with van der Waals surface area (Å²) in [5.41, 5.74) is 0. The van der Waals surface area contributed by atoms with Gasteiger partial charge in [-0.15, -0.1) is 0 Å². The summed E-state index contributed by atoms with van der Waals surface area (Å²) in [6.07, 6.45) is 0. The van der Waals surface area contributed by atoms with E-state index >= 15 is 0 Å². The van der Waals surface area contributed by atoms with Gasteiger partial charge in [0.05, 0.1) is 0 Å².